The average molecular weight is 321 g/mol. The van der Waals surface area contributed by atoms with Crippen LogP contribution in [0, 0.1) is 6.92 Å². The van der Waals surface area contributed by atoms with Gasteiger partial charge in [0.25, 0.3) is 5.56 Å². The number of aromatic nitrogens is 1. The summed E-state index contributed by atoms with van der Waals surface area (Å²) in [5, 5.41) is 3.29. The maximum atomic E-state index is 12.1. The van der Waals surface area contributed by atoms with Gasteiger partial charge < -0.3 is 14.6 Å². The first-order valence-electron chi connectivity index (χ1n) is 6.89. The molecule has 2 aromatic rings. The summed E-state index contributed by atoms with van der Waals surface area (Å²) in [6, 6.07) is 8.51. The number of rotatable bonds is 5. The second-order valence-electron chi connectivity index (χ2n) is 4.75. The number of halogens is 1. The van der Waals surface area contributed by atoms with Crippen LogP contribution in [0.2, 0.25) is 5.02 Å². The van der Waals surface area contributed by atoms with Gasteiger partial charge in [-0.2, -0.15) is 0 Å². The lowest BCUT2D eigenvalue weighted by Crippen LogP contribution is -2.28. The number of hydrogen-bond donors (Lipinski definition) is 1. The van der Waals surface area contributed by atoms with Gasteiger partial charge in [0, 0.05) is 16.9 Å². The topological polar surface area (TPSA) is 60.3 Å². The Labute approximate surface area is 133 Å². The first kappa shape index (κ1) is 16.1. The predicted molar refractivity (Wildman–Crippen MR) is 86.7 cm³/mol. The van der Waals surface area contributed by atoms with Crippen LogP contribution in [0.5, 0.6) is 5.75 Å². The van der Waals surface area contributed by atoms with Crippen LogP contribution in [0.4, 0.5) is 5.69 Å². The fraction of sp³-hybridized carbons (Fsp3) is 0.250. The quantitative estimate of drug-likeness (QED) is 0.921. The molecule has 0 bridgehead atoms. The van der Waals surface area contributed by atoms with Crippen LogP contribution in [0.1, 0.15) is 12.5 Å². The van der Waals surface area contributed by atoms with E-state index in [1.54, 1.807) is 37.4 Å². The molecular formula is C16H17ClN2O3. The molecule has 22 heavy (non-hydrogen) atoms. The van der Waals surface area contributed by atoms with E-state index in [1.165, 1.54) is 4.57 Å². The number of ether oxygens (including phenoxy) is 1. The zero-order valence-electron chi connectivity index (χ0n) is 12.4. The number of aryl methyl sites for hydroxylation is 1. The van der Waals surface area contributed by atoms with E-state index in [4.69, 9.17) is 16.3 Å². The van der Waals surface area contributed by atoms with Crippen LogP contribution in [0.25, 0.3) is 0 Å². The molecule has 0 radical (unpaired) electrons. The molecule has 1 N–H and O–H groups in total. The third-order valence-corrected chi connectivity index (χ3v) is 3.46. The molecule has 0 aliphatic rings. The van der Waals surface area contributed by atoms with Gasteiger partial charge in [-0.15, -0.1) is 0 Å². The minimum atomic E-state index is -0.332. The molecule has 0 aliphatic carbocycles. The van der Waals surface area contributed by atoms with Gasteiger partial charge in [-0.1, -0.05) is 17.7 Å². The molecule has 0 saturated heterocycles. The molecule has 1 aromatic carbocycles. The molecule has 2 rings (SSSR count). The van der Waals surface area contributed by atoms with Crippen molar-refractivity contribution in [3.63, 3.8) is 0 Å². The number of benzene rings is 1. The zero-order chi connectivity index (χ0) is 16.1. The maximum absolute atomic E-state index is 12.1. The predicted octanol–water partition coefficient (Wildman–Crippen LogP) is 2.85. The first-order valence-corrected chi connectivity index (χ1v) is 7.27. The van der Waals surface area contributed by atoms with Gasteiger partial charge in [0.1, 0.15) is 6.54 Å². The maximum Gasteiger partial charge on any atom is 0.293 e. The van der Waals surface area contributed by atoms with E-state index in [9.17, 15) is 9.59 Å². The summed E-state index contributed by atoms with van der Waals surface area (Å²) >= 11 is 6.02. The van der Waals surface area contributed by atoms with Crippen molar-refractivity contribution in [1.29, 1.82) is 0 Å². The van der Waals surface area contributed by atoms with Crippen LogP contribution >= 0.6 is 11.6 Å². The van der Waals surface area contributed by atoms with Crippen LogP contribution < -0.4 is 15.6 Å². The van der Waals surface area contributed by atoms with Crippen LogP contribution in [-0.2, 0) is 11.3 Å². The Morgan fingerprint density at radius 3 is 2.82 bits per heavy atom. The Morgan fingerprint density at radius 1 is 1.36 bits per heavy atom. The summed E-state index contributed by atoms with van der Waals surface area (Å²) in [7, 11) is 0. The fourth-order valence-electron chi connectivity index (χ4n) is 1.93. The smallest absolute Gasteiger partial charge is 0.293 e. The number of anilines is 1. The van der Waals surface area contributed by atoms with E-state index in [1.807, 2.05) is 13.0 Å². The van der Waals surface area contributed by atoms with Gasteiger partial charge in [0.2, 0.25) is 5.91 Å². The molecule has 0 spiro atoms. The van der Waals surface area contributed by atoms with E-state index in [0.717, 1.165) is 5.56 Å². The van der Waals surface area contributed by atoms with Gasteiger partial charge in [-0.05, 0) is 43.7 Å². The van der Waals surface area contributed by atoms with Gasteiger partial charge in [0.15, 0.2) is 5.75 Å². The number of hydrogen-bond acceptors (Lipinski definition) is 3. The van der Waals surface area contributed by atoms with Crippen LogP contribution in [0.15, 0.2) is 41.3 Å². The average Bonchev–Trinajstić information content (AvgIpc) is 2.47. The molecule has 5 nitrogen and oxygen atoms in total. The normalized spacial score (nSPS) is 10.3. The summed E-state index contributed by atoms with van der Waals surface area (Å²) in [6.45, 7) is 3.98. The highest BCUT2D eigenvalue weighted by atomic mass is 35.5. The van der Waals surface area contributed by atoms with E-state index >= 15 is 0 Å². The van der Waals surface area contributed by atoms with E-state index < -0.39 is 0 Å². The molecule has 0 saturated carbocycles. The number of amides is 1. The van der Waals surface area contributed by atoms with Gasteiger partial charge in [-0.25, -0.2) is 0 Å². The summed E-state index contributed by atoms with van der Waals surface area (Å²) in [6.07, 6.45) is 1.55. The highest BCUT2D eigenvalue weighted by molar-refractivity contribution is 6.31. The van der Waals surface area contributed by atoms with E-state index in [0.29, 0.717) is 17.3 Å². The van der Waals surface area contributed by atoms with Crippen molar-refractivity contribution in [2.45, 2.75) is 20.4 Å². The number of nitrogens with one attached hydrogen (secondary N) is 1. The number of nitrogens with zero attached hydrogens (tertiary/aromatic N) is 1. The highest BCUT2D eigenvalue weighted by Crippen LogP contribution is 2.19. The highest BCUT2D eigenvalue weighted by Gasteiger charge is 2.09. The molecule has 1 heterocycles. The Kier molecular flexibility index (Phi) is 5.22. The molecule has 0 unspecified atom stereocenters. The van der Waals surface area contributed by atoms with Crippen LogP contribution in [-0.4, -0.2) is 17.1 Å². The van der Waals surface area contributed by atoms with Crippen molar-refractivity contribution in [3.8, 4) is 5.75 Å². The van der Waals surface area contributed by atoms with Crippen LogP contribution in [0.3, 0.4) is 0 Å². The molecular weight excluding hydrogens is 304 g/mol. The standard InChI is InChI=1S/C16H17ClN2O3/c1-3-22-14-5-4-8-19(16(14)21)10-15(20)18-12-7-6-11(2)13(17)9-12/h4-9H,3,10H2,1-2H3,(H,18,20). The van der Waals surface area contributed by atoms with E-state index in [-0.39, 0.29) is 23.8 Å². The lowest BCUT2D eigenvalue weighted by molar-refractivity contribution is -0.116. The van der Waals surface area contributed by atoms with E-state index in [2.05, 4.69) is 5.32 Å². The lowest BCUT2D eigenvalue weighted by atomic mass is 10.2. The van der Waals surface area contributed by atoms with Crippen molar-refractivity contribution < 1.29 is 9.53 Å². The summed E-state index contributed by atoms with van der Waals surface area (Å²) in [5.74, 6) is -0.0770. The third kappa shape index (κ3) is 3.89. The Balaban J connectivity index is 2.10. The van der Waals surface area contributed by atoms with Crippen molar-refractivity contribution in [3.05, 3.63) is 57.5 Å². The minimum absolute atomic E-state index is 0.0920. The molecule has 116 valence electrons. The van der Waals surface area contributed by atoms with Gasteiger partial charge in [0.05, 0.1) is 6.61 Å². The number of carbonyl (C=O) groups excluding carboxylic acids is 1. The minimum Gasteiger partial charge on any atom is -0.488 e. The van der Waals surface area contributed by atoms with Gasteiger partial charge in [-0.3, -0.25) is 9.59 Å². The fourth-order valence-corrected chi connectivity index (χ4v) is 2.11. The van der Waals surface area contributed by atoms with Gasteiger partial charge >= 0.3 is 0 Å². The molecule has 6 heteroatoms. The van der Waals surface area contributed by atoms with Crippen molar-refractivity contribution in [2.24, 2.45) is 0 Å². The SMILES string of the molecule is CCOc1cccn(CC(=O)Nc2ccc(C)c(Cl)c2)c1=O. The zero-order valence-corrected chi connectivity index (χ0v) is 13.2. The Hall–Kier alpha value is -2.27. The number of pyridine rings is 1. The number of carbonyl (C=O) groups is 1. The van der Waals surface area contributed by atoms with Crippen molar-refractivity contribution >= 4 is 23.2 Å². The molecule has 1 amide bonds. The van der Waals surface area contributed by atoms with Crippen molar-refractivity contribution in [1.82, 2.24) is 4.57 Å². The molecule has 0 fully saturated rings. The summed E-state index contributed by atoms with van der Waals surface area (Å²) in [4.78, 5) is 24.1. The largest absolute Gasteiger partial charge is 0.488 e. The lowest BCUT2D eigenvalue weighted by Gasteiger charge is -2.10. The molecule has 0 atom stereocenters. The monoisotopic (exact) mass is 320 g/mol. The molecule has 0 aliphatic heterocycles. The molecule has 1 aromatic heterocycles. The second-order valence-corrected chi connectivity index (χ2v) is 5.16. The van der Waals surface area contributed by atoms with Crippen molar-refractivity contribution in [2.75, 3.05) is 11.9 Å². The Morgan fingerprint density at radius 2 is 2.14 bits per heavy atom. The summed E-state index contributed by atoms with van der Waals surface area (Å²) < 4.78 is 6.53. The Bertz CT molecular complexity index is 740. The second kappa shape index (κ2) is 7.13. The third-order valence-electron chi connectivity index (χ3n) is 3.05. The summed E-state index contributed by atoms with van der Waals surface area (Å²) in [5.41, 5.74) is 1.19. The first-order chi connectivity index (χ1) is 10.5.